The van der Waals surface area contributed by atoms with Gasteiger partial charge in [-0.25, -0.2) is 0 Å². The van der Waals surface area contributed by atoms with Gasteiger partial charge in [0.25, 0.3) is 0 Å². The summed E-state index contributed by atoms with van der Waals surface area (Å²) in [5.74, 6) is 0.566. The third kappa shape index (κ3) is 6.61. The van der Waals surface area contributed by atoms with E-state index in [-0.39, 0.29) is 5.92 Å². The highest BCUT2D eigenvalue weighted by Gasteiger charge is 2.41. The van der Waals surface area contributed by atoms with E-state index in [1.807, 2.05) is 0 Å². The number of hydrogen-bond acceptors (Lipinski definition) is 0. The Kier molecular flexibility index (Phi) is 9.90. The van der Waals surface area contributed by atoms with Crippen LogP contribution in [-0.2, 0) is 25.7 Å². The number of hydrogen-bond donors (Lipinski definition) is 0. The monoisotopic (exact) mass is 578 g/mol. The van der Waals surface area contributed by atoms with Crippen molar-refractivity contribution in [1.82, 2.24) is 0 Å². The van der Waals surface area contributed by atoms with E-state index < -0.39 is 0 Å². The van der Waals surface area contributed by atoms with Crippen molar-refractivity contribution >= 4 is 11.6 Å². The predicted molar refractivity (Wildman–Crippen MR) is 193 cm³/mol. The Hall–Kier alpha value is -3.90. The SMILES string of the molecule is C=C(CCC)C1=C(C)C=C2CC(=Cc3ccc(CCc4ccc(C(=C)C)cc4)cc3)C(=C)C2C1c1ccc(CC)c(CC)c1. The third-order valence-electron chi connectivity index (χ3n) is 9.81. The highest BCUT2D eigenvalue weighted by molar-refractivity contribution is 5.68. The van der Waals surface area contributed by atoms with Gasteiger partial charge >= 0.3 is 0 Å². The molecule has 0 aromatic heterocycles. The maximum atomic E-state index is 4.76. The predicted octanol–water partition coefficient (Wildman–Crippen LogP) is 12.0. The third-order valence-corrected chi connectivity index (χ3v) is 9.81. The molecule has 226 valence electrons. The molecule has 0 amide bonds. The molecule has 0 spiro atoms. The summed E-state index contributed by atoms with van der Waals surface area (Å²) in [5, 5.41) is 0. The van der Waals surface area contributed by atoms with E-state index in [2.05, 4.69) is 127 Å². The largest absolute Gasteiger partial charge is 0.0955 e. The lowest BCUT2D eigenvalue weighted by atomic mass is 9.68. The second-order valence-corrected chi connectivity index (χ2v) is 13.0. The molecule has 1 saturated carbocycles. The second kappa shape index (κ2) is 13.8. The molecule has 5 rings (SSSR count). The van der Waals surface area contributed by atoms with E-state index in [0.717, 1.165) is 50.5 Å². The summed E-state index contributed by atoms with van der Waals surface area (Å²) >= 11 is 0. The van der Waals surface area contributed by atoms with Crippen molar-refractivity contribution in [3.63, 3.8) is 0 Å². The molecule has 0 radical (unpaired) electrons. The molecule has 1 fully saturated rings. The summed E-state index contributed by atoms with van der Waals surface area (Å²) in [7, 11) is 0. The van der Waals surface area contributed by atoms with Crippen LogP contribution in [0.25, 0.3) is 11.6 Å². The van der Waals surface area contributed by atoms with Gasteiger partial charge < -0.3 is 0 Å². The molecule has 0 bridgehead atoms. The van der Waals surface area contributed by atoms with Gasteiger partial charge in [0.15, 0.2) is 0 Å². The summed E-state index contributed by atoms with van der Waals surface area (Å²) in [6, 6.07) is 25.2. The van der Waals surface area contributed by atoms with Crippen LogP contribution >= 0.6 is 0 Å². The molecule has 3 aromatic carbocycles. The zero-order valence-electron chi connectivity index (χ0n) is 27.7. The van der Waals surface area contributed by atoms with Gasteiger partial charge in [-0.15, -0.1) is 0 Å². The van der Waals surface area contributed by atoms with Gasteiger partial charge in [-0.1, -0.05) is 143 Å². The van der Waals surface area contributed by atoms with Gasteiger partial charge in [0.2, 0.25) is 0 Å². The van der Waals surface area contributed by atoms with Crippen LogP contribution in [0.3, 0.4) is 0 Å². The Labute approximate surface area is 267 Å². The van der Waals surface area contributed by atoms with Crippen molar-refractivity contribution in [2.75, 3.05) is 0 Å². The van der Waals surface area contributed by atoms with Crippen molar-refractivity contribution in [2.45, 2.75) is 85.5 Å². The zero-order chi connectivity index (χ0) is 31.4. The topological polar surface area (TPSA) is 0 Å². The Morgan fingerprint density at radius 3 is 2.05 bits per heavy atom. The first kappa shape index (κ1) is 31.5. The molecule has 0 heteroatoms. The van der Waals surface area contributed by atoms with Gasteiger partial charge in [0.05, 0.1) is 0 Å². The average molecular weight is 579 g/mol. The molecule has 0 N–H and O–H groups in total. The van der Waals surface area contributed by atoms with Crippen LogP contribution in [-0.4, -0.2) is 0 Å². The lowest BCUT2D eigenvalue weighted by Gasteiger charge is -2.35. The Bertz CT molecular complexity index is 1650. The fraction of sp³-hybridized carbons (Fsp3) is 0.318. The molecule has 2 aliphatic rings. The Morgan fingerprint density at radius 1 is 0.818 bits per heavy atom. The number of benzene rings is 3. The van der Waals surface area contributed by atoms with Crippen molar-refractivity contribution in [1.29, 1.82) is 0 Å². The van der Waals surface area contributed by atoms with Gasteiger partial charge in [0.1, 0.15) is 0 Å². The van der Waals surface area contributed by atoms with Gasteiger partial charge in [0, 0.05) is 11.8 Å². The molecular formula is C44H50. The van der Waals surface area contributed by atoms with Crippen molar-refractivity contribution in [3.8, 4) is 0 Å². The van der Waals surface area contributed by atoms with Crippen LogP contribution < -0.4 is 0 Å². The zero-order valence-corrected chi connectivity index (χ0v) is 27.7. The van der Waals surface area contributed by atoms with Crippen molar-refractivity contribution < 1.29 is 0 Å². The van der Waals surface area contributed by atoms with E-state index >= 15 is 0 Å². The van der Waals surface area contributed by atoms with Crippen LogP contribution in [0.1, 0.15) is 98.7 Å². The van der Waals surface area contributed by atoms with E-state index in [1.54, 1.807) is 0 Å². The van der Waals surface area contributed by atoms with Crippen LogP contribution in [0.4, 0.5) is 0 Å². The minimum Gasteiger partial charge on any atom is -0.0955 e. The Morgan fingerprint density at radius 2 is 1.45 bits per heavy atom. The van der Waals surface area contributed by atoms with Crippen molar-refractivity contribution in [3.05, 3.63) is 165 Å². The molecule has 0 aliphatic heterocycles. The normalized spacial score (nSPS) is 18.9. The van der Waals surface area contributed by atoms with E-state index in [0.29, 0.717) is 5.92 Å². The molecule has 0 nitrogen and oxygen atoms in total. The fourth-order valence-electron chi connectivity index (χ4n) is 7.37. The van der Waals surface area contributed by atoms with Gasteiger partial charge in [-0.05, 0) is 114 Å². The molecule has 3 aromatic rings. The maximum Gasteiger partial charge on any atom is 0.0201 e. The molecule has 2 atom stereocenters. The lowest BCUT2D eigenvalue weighted by Crippen LogP contribution is -2.21. The van der Waals surface area contributed by atoms with Crippen LogP contribution in [0.5, 0.6) is 0 Å². The number of rotatable bonds is 11. The van der Waals surface area contributed by atoms with Crippen LogP contribution in [0, 0.1) is 5.92 Å². The summed E-state index contributed by atoms with van der Waals surface area (Å²) in [6.07, 6.45) is 12.2. The summed E-state index contributed by atoms with van der Waals surface area (Å²) in [6.45, 7) is 24.6. The second-order valence-electron chi connectivity index (χ2n) is 13.0. The standard InChI is InChI=1S/C44H50/c1-9-12-30(6)42-31(7)25-41-28-40(32(8)43(41)44(42)39-24-23-36(10-2)37(11-3)27-39)26-35-17-15-33(16-18-35)13-14-34-19-21-38(22-20-34)29(4)5/h15-27,43-44H,4,6,8-14,28H2,1-3,5,7H3. The highest BCUT2D eigenvalue weighted by atomic mass is 14.4. The van der Waals surface area contributed by atoms with E-state index in [4.69, 9.17) is 6.58 Å². The quantitative estimate of drug-likeness (QED) is 0.212. The maximum absolute atomic E-state index is 4.76. The fourth-order valence-corrected chi connectivity index (χ4v) is 7.37. The average Bonchev–Trinajstić information content (AvgIpc) is 3.33. The molecule has 0 saturated heterocycles. The smallest absolute Gasteiger partial charge is 0.0201 e. The molecule has 2 aliphatic carbocycles. The number of fused-ring (bicyclic) bond motifs is 1. The summed E-state index contributed by atoms with van der Waals surface area (Å²) in [5.41, 5.74) is 18.9. The molecular weight excluding hydrogens is 528 g/mol. The first-order valence-electron chi connectivity index (χ1n) is 16.7. The number of allylic oxidation sites excluding steroid dienone is 8. The Balaban J connectivity index is 1.39. The summed E-state index contributed by atoms with van der Waals surface area (Å²) < 4.78 is 0. The van der Waals surface area contributed by atoms with Crippen LogP contribution in [0.15, 0.2) is 126 Å². The highest BCUT2D eigenvalue weighted by Crippen LogP contribution is 2.55. The first-order chi connectivity index (χ1) is 21.2. The first-order valence-corrected chi connectivity index (χ1v) is 16.7. The minimum atomic E-state index is 0.274. The van der Waals surface area contributed by atoms with E-state index in [1.165, 1.54) is 72.4 Å². The van der Waals surface area contributed by atoms with Gasteiger partial charge in [-0.2, -0.15) is 0 Å². The van der Waals surface area contributed by atoms with Crippen LogP contribution in [0.2, 0.25) is 0 Å². The number of aryl methyl sites for hydroxylation is 4. The summed E-state index contributed by atoms with van der Waals surface area (Å²) in [4.78, 5) is 0. The molecule has 2 unspecified atom stereocenters. The van der Waals surface area contributed by atoms with Gasteiger partial charge in [-0.3, -0.25) is 0 Å². The molecule has 44 heavy (non-hydrogen) atoms. The minimum absolute atomic E-state index is 0.274. The molecule has 0 heterocycles. The van der Waals surface area contributed by atoms with E-state index in [9.17, 15) is 0 Å². The van der Waals surface area contributed by atoms with Crippen molar-refractivity contribution in [2.24, 2.45) is 5.92 Å². The lowest BCUT2D eigenvalue weighted by molar-refractivity contribution is 0.618.